The molecule has 0 bridgehead atoms. The Hall–Kier alpha value is -3.31. The van der Waals surface area contributed by atoms with Crippen LogP contribution in [0.4, 0.5) is 10.1 Å². The van der Waals surface area contributed by atoms with Gasteiger partial charge in [0.05, 0.1) is 10.8 Å². The molecule has 0 aliphatic carbocycles. The fourth-order valence-corrected chi connectivity index (χ4v) is 4.96. The Morgan fingerprint density at radius 1 is 1.16 bits per heavy atom. The van der Waals surface area contributed by atoms with Gasteiger partial charge in [-0.3, -0.25) is 14.3 Å². The summed E-state index contributed by atoms with van der Waals surface area (Å²) in [5.41, 5.74) is 1.14. The Balaban J connectivity index is 1.43. The van der Waals surface area contributed by atoms with E-state index in [1.54, 1.807) is 24.3 Å². The lowest BCUT2D eigenvalue weighted by molar-refractivity contribution is -0.120. The fraction of sp³-hybridized carbons (Fsp3) is 0.250. The molecule has 0 saturated carbocycles. The van der Waals surface area contributed by atoms with E-state index in [1.165, 1.54) is 16.4 Å². The number of aromatic amines is 1. The number of nitrogens with one attached hydrogen (secondary N) is 2. The molecule has 1 aliphatic heterocycles. The molecule has 2 N–H and O–H groups in total. The van der Waals surface area contributed by atoms with E-state index in [0.717, 1.165) is 12.1 Å². The number of halogens is 1. The summed E-state index contributed by atoms with van der Waals surface area (Å²) in [5, 5.41) is 6.39. The number of amides is 1. The second-order valence-corrected chi connectivity index (χ2v) is 9.10. The van der Waals surface area contributed by atoms with Crippen LogP contribution in [0.25, 0.3) is 11.4 Å². The molecule has 2 aromatic carbocycles. The van der Waals surface area contributed by atoms with E-state index in [-0.39, 0.29) is 23.2 Å². The van der Waals surface area contributed by atoms with E-state index >= 15 is 0 Å². The molecule has 0 unspecified atom stereocenters. The first-order valence-electron chi connectivity index (χ1n) is 9.56. The van der Waals surface area contributed by atoms with E-state index in [4.69, 9.17) is 0 Å². The zero-order chi connectivity index (χ0) is 22.0. The summed E-state index contributed by atoms with van der Waals surface area (Å²) in [6.07, 6.45) is 1.09. The molecule has 31 heavy (non-hydrogen) atoms. The normalized spacial score (nSPS) is 17.4. The second-order valence-electron chi connectivity index (χ2n) is 7.17. The Morgan fingerprint density at radius 3 is 2.52 bits per heavy atom. The summed E-state index contributed by atoms with van der Waals surface area (Å²) in [4.78, 5) is 26.2. The molecule has 1 amide bonds. The van der Waals surface area contributed by atoms with Crippen LogP contribution in [-0.2, 0) is 14.8 Å². The Morgan fingerprint density at radius 2 is 1.87 bits per heavy atom. The van der Waals surface area contributed by atoms with Crippen LogP contribution in [-0.4, -0.2) is 41.9 Å². The third-order valence-electron chi connectivity index (χ3n) is 5.07. The average molecular weight is 446 g/mol. The number of sulfonamides is 1. The third-order valence-corrected chi connectivity index (χ3v) is 6.95. The smallest absolute Gasteiger partial charge is 0.326 e. The van der Waals surface area contributed by atoms with Gasteiger partial charge in [-0.2, -0.15) is 4.31 Å². The highest BCUT2D eigenvalue weighted by molar-refractivity contribution is 7.89. The molecule has 2 heterocycles. The van der Waals surface area contributed by atoms with Gasteiger partial charge in [0, 0.05) is 24.3 Å². The summed E-state index contributed by atoms with van der Waals surface area (Å²) in [7, 11) is -3.81. The molecule has 11 heteroatoms. The van der Waals surface area contributed by atoms with Gasteiger partial charge < -0.3 is 5.32 Å². The number of carbonyl (C=O) groups is 1. The quantitative estimate of drug-likeness (QED) is 0.619. The zero-order valence-electron chi connectivity index (χ0n) is 16.2. The highest BCUT2D eigenvalue weighted by atomic mass is 32.2. The second kappa shape index (κ2) is 8.44. The van der Waals surface area contributed by atoms with Crippen molar-refractivity contribution in [2.75, 3.05) is 18.4 Å². The molecule has 1 aliphatic rings. The highest BCUT2D eigenvalue weighted by Gasteiger charge is 2.33. The molecular weight excluding hydrogens is 427 g/mol. The topological polar surface area (TPSA) is 125 Å². The lowest BCUT2D eigenvalue weighted by Crippen LogP contribution is -2.43. The maximum absolute atomic E-state index is 13.1. The maximum Gasteiger partial charge on any atom is 0.439 e. The number of H-pyrrole nitrogens is 1. The number of piperidine rings is 1. The third kappa shape index (κ3) is 4.57. The number of hydrogen-bond donors (Lipinski definition) is 2. The van der Waals surface area contributed by atoms with Crippen molar-refractivity contribution in [3.8, 4) is 11.4 Å². The lowest BCUT2D eigenvalue weighted by atomic mass is 9.98. The van der Waals surface area contributed by atoms with Crippen LogP contribution >= 0.6 is 0 Å². The minimum absolute atomic E-state index is 0.00329. The molecule has 162 valence electrons. The average Bonchev–Trinajstić information content (AvgIpc) is 3.21. The van der Waals surface area contributed by atoms with Gasteiger partial charge in [0.1, 0.15) is 5.82 Å². The zero-order valence-corrected chi connectivity index (χ0v) is 17.1. The Labute approximate surface area is 176 Å². The molecule has 9 nitrogen and oxygen atoms in total. The maximum atomic E-state index is 13.1. The van der Waals surface area contributed by atoms with Gasteiger partial charge >= 0.3 is 5.76 Å². The van der Waals surface area contributed by atoms with Crippen molar-refractivity contribution in [1.29, 1.82) is 0 Å². The first-order chi connectivity index (χ1) is 14.8. The number of hydrogen-bond acceptors (Lipinski definition) is 6. The van der Waals surface area contributed by atoms with Crippen molar-refractivity contribution in [3.05, 3.63) is 64.9 Å². The van der Waals surface area contributed by atoms with Gasteiger partial charge in [0.25, 0.3) is 0 Å². The van der Waals surface area contributed by atoms with Crippen LogP contribution < -0.4 is 11.1 Å². The van der Waals surface area contributed by atoms with Gasteiger partial charge in [-0.25, -0.2) is 17.6 Å². The minimum atomic E-state index is -3.81. The first kappa shape index (κ1) is 20.9. The van der Waals surface area contributed by atoms with Crippen molar-refractivity contribution >= 4 is 21.6 Å². The fourth-order valence-electron chi connectivity index (χ4n) is 3.44. The van der Waals surface area contributed by atoms with Crippen LogP contribution in [0, 0.1) is 11.7 Å². The number of anilines is 1. The van der Waals surface area contributed by atoms with Crippen LogP contribution in [0.1, 0.15) is 12.8 Å². The highest BCUT2D eigenvalue weighted by Crippen LogP contribution is 2.25. The van der Waals surface area contributed by atoms with Crippen molar-refractivity contribution < 1.29 is 22.1 Å². The Bertz CT molecular complexity index is 1240. The molecule has 3 aromatic rings. The molecule has 0 radical (unpaired) electrons. The first-order valence-corrected chi connectivity index (χ1v) is 11.0. The van der Waals surface area contributed by atoms with Gasteiger partial charge in [-0.15, -0.1) is 0 Å². The van der Waals surface area contributed by atoms with Crippen LogP contribution in [0.15, 0.2) is 62.7 Å². The summed E-state index contributed by atoms with van der Waals surface area (Å²) in [6.45, 7) is 0.345. The minimum Gasteiger partial charge on any atom is -0.326 e. The molecule has 1 saturated heterocycles. The summed E-state index contributed by atoms with van der Waals surface area (Å²) >= 11 is 0. The number of carbonyl (C=O) groups excluding carboxylic acids is 1. The molecular formula is C20H19FN4O5S. The van der Waals surface area contributed by atoms with Gasteiger partial charge in [-0.1, -0.05) is 5.16 Å². The van der Waals surface area contributed by atoms with Crippen molar-refractivity contribution in [2.24, 2.45) is 5.92 Å². The van der Waals surface area contributed by atoms with Crippen molar-refractivity contribution in [2.45, 2.75) is 17.7 Å². The molecule has 0 spiro atoms. The Kier molecular flexibility index (Phi) is 5.70. The van der Waals surface area contributed by atoms with Crippen molar-refractivity contribution in [3.63, 3.8) is 0 Å². The molecule has 1 fully saturated rings. The predicted molar refractivity (Wildman–Crippen MR) is 109 cm³/mol. The monoisotopic (exact) mass is 446 g/mol. The molecule has 1 aromatic heterocycles. The summed E-state index contributed by atoms with van der Waals surface area (Å²) in [6, 6.07) is 11.3. The van der Waals surface area contributed by atoms with E-state index < -0.39 is 27.5 Å². The molecule has 1 atom stereocenters. The standard InChI is InChI=1S/C20H19FN4O5S/c21-15-5-9-17(10-6-15)31(28,29)25-11-1-2-14(12-25)19(26)22-16-7-3-13(4-8-16)18-23-20(27)30-24-18/h3-10,14H,1-2,11-12H2,(H,22,26)(H,23,24,27)/t14-/m1/s1. The number of benzene rings is 2. The van der Waals surface area contributed by atoms with Gasteiger partial charge in [0.15, 0.2) is 5.82 Å². The number of rotatable bonds is 5. The van der Waals surface area contributed by atoms with E-state index in [2.05, 4.69) is 20.0 Å². The number of nitrogens with zero attached hydrogens (tertiary/aromatic N) is 2. The number of aromatic nitrogens is 2. The lowest BCUT2D eigenvalue weighted by Gasteiger charge is -2.31. The predicted octanol–water partition coefficient (Wildman–Crippen LogP) is 2.21. The van der Waals surface area contributed by atoms with Crippen molar-refractivity contribution in [1.82, 2.24) is 14.4 Å². The van der Waals surface area contributed by atoms with E-state index in [0.29, 0.717) is 30.6 Å². The summed E-state index contributed by atoms with van der Waals surface area (Å²) < 4.78 is 44.5. The summed E-state index contributed by atoms with van der Waals surface area (Å²) in [5.74, 6) is -1.71. The van der Waals surface area contributed by atoms with Crippen LogP contribution in [0.2, 0.25) is 0 Å². The van der Waals surface area contributed by atoms with E-state index in [1.807, 2.05) is 0 Å². The SMILES string of the molecule is O=C(Nc1ccc(-c2noc(=O)[nH]2)cc1)[C@@H]1CCCN(S(=O)(=O)c2ccc(F)cc2)C1. The van der Waals surface area contributed by atoms with Crippen LogP contribution in [0.5, 0.6) is 0 Å². The van der Waals surface area contributed by atoms with Gasteiger partial charge in [-0.05, 0) is 61.4 Å². The largest absolute Gasteiger partial charge is 0.439 e. The van der Waals surface area contributed by atoms with Crippen LogP contribution in [0.3, 0.4) is 0 Å². The van der Waals surface area contributed by atoms with E-state index in [9.17, 15) is 22.4 Å². The van der Waals surface area contributed by atoms with Gasteiger partial charge in [0.2, 0.25) is 15.9 Å². The molecule has 4 rings (SSSR count).